The lowest BCUT2D eigenvalue weighted by molar-refractivity contribution is -0.347. The first-order valence-electron chi connectivity index (χ1n) is 20.7. The molecule has 49 heavy (non-hydrogen) atoms. The predicted octanol–water partition coefficient (Wildman–Crippen LogP) is 14.7. The lowest BCUT2D eigenvalue weighted by Crippen LogP contribution is -2.12. The van der Waals surface area contributed by atoms with Gasteiger partial charge < -0.3 is 5.84 Å². The molecule has 0 fully saturated rings. The summed E-state index contributed by atoms with van der Waals surface area (Å²) in [7, 11) is 0. The van der Waals surface area contributed by atoms with E-state index in [1.807, 2.05) is 0 Å². The van der Waals surface area contributed by atoms with Gasteiger partial charge in [0.25, 0.3) is 0 Å². The van der Waals surface area contributed by atoms with Gasteiger partial charge in [-0.05, 0) is 111 Å². The molecule has 270 valence electrons. The first kappa shape index (κ1) is 40.6. The van der Waals surface area contributed by atoms with Gasteiger partial charge in [-0.15, -0.1) is 0 Å². The van der Waals surface area contributed by atoms with Crippen molar-refractivity contribution < 1.29 is 4.68 Å². The summed E-state index contributed by atoms with van der Waals surface area (Å²) in [5, 5.41) is 0. The maximum Gasteiger partial charge on any atom is 0.216 e. The molecule has 0 saturated carbocycles. The Kier molecular flexibility index (Phi) is 19.5. The number of allylic oxidation sites excluding steroid dienone is 4. The van der Waals surface area contributed by atoms with E-state index in [1.54, 1.807) is 4.68 Å². The van der Waals surface area contributed by atoms with E-state index < -0.39 is 0 Å². The zero-order chi connectivity index (χ0) is 35.3. The number of rotatable bonds is 26. The molecule has 0 amide bonds. The van der Waals surface area contributed by atoms with Gasteiger partial charge in [0.15, 0.2) is 0 Å². The van der Waals surface area contributed by atoms with E-state index in [-0.39, 0.29) is 0 Å². The highest BCUT2D eigenvalue weighted by Crippen LogP contribution is 2.36. The van der Waals surface area contributed by atoms with Gasteiger partial charge in [-0.1, -0.05) is 149 Å². The number of hydrogen-bond donors (Lipinski definition) is 0. The summed E-state index contributed by atoms with van der Waals surface area (Å²) < 4.78 is 1.74. The molecule has 0 radical (unpaired) electrons. The average molecular weight is 665 g/mol. The molecule has 0 bridgehead atoms. The summed E-state index contributed by atoms with van der Waals surface area (Å²) in [6.45, 7) is 16.1. The van der Waals surface area contributed by atoms with Crippen LogP contribution in [0.1, 0.15) is 190 Å². The summed E-state index contributed by atoms with van der Waals surface area (Å²) in [4.78, 5) is 0. The van der Waals surface area contributed by atoms with Crippen molar-refractivity contribution in [2.45, 2.75) is 182 Å². The lowest BCUT2D eigenvalue weighted by Gasteiger charge is -2.13. The first-order chi connectivity index (χ1) is 24.0. The molecular weight excluding hydrogens is 593 g/mol. The van der Waals surface area contributed by atoms with Crippen LogP contribution in [-0.2, 0) is 25.7 Å². The van der Waals surface area contributed by atoms with Crippen LogP contribution in [0.25, 0.3) is 11.5 Å². The van der Waals surface area contributed by atoms with Crippen LogP contribution in [0, 0.1) is 0 Å². The molecule has 0 unspecified atom stereocenters. The Bertz CT molecular complexity index is 1320. The molecule has 0 atom stereocenters. The molecule has 0 aliphatic carbocycles. The highest BCUT2D eigenvalue weighted by molar-refractivity contribution is 6.16. The molecule has 0 spiro atoms. The third-order valence-corrected chi connectivity index (χ3v) is 10.3. The predicted molar refractivity (Wildman–Crippen MR) is 218 cm³/mol. The van der Waals surface area contributed by atoms with Crippen molar-refractivity contribution >= 4 is 11.4 Å². The van der Waals surface area contributed by atoms with Crippen molar-refractivity contribution in [1.29, 1.82) is 0 Å². The minimum atomic E-state index is 0.957. The molecule has 3 rings (SSSR count). The van der Waals surface area contributed by atoms with Crippen LogP contribution in [0.5, 0.6) is 0 Å². The van der Waals surface area contributed by atoms with Crippen LogP contribution in [-0.4, -0.2) is 10.4 Å². The van der Waals surface area contributed by atoms with E-state index in [1.165, 1.54) is 143 Å². The Balaban J connectivity index is 1.94. The maximum atomic E-state index is 9.72. The largest absolute Gasteiger partial charge is 0.448 e. The van der Waals surface area contributed by atoms with E-state index in [0.717, 1.165) is 60.2 Å². The van der Waals surface area contributed by atoms with Crippen LogP contribution in [0.3, 0.4) is 0 Å². The van der Waals surface area contributed by atoms with Crippen molar-refractivity contribution in [2.24, 2.45) is 0 Å². The number of nitrogens with one attached hydrogen (secondary N) is 1. The quantitative estimate of drug-likeness (QED) is 0.0707. The summed E-state index contributed by atoms with van der Waals surface area (Å²) >= 11 is 0. The molecule has 0 saturated heterocycles. The fourth-order valence-corrected chi connectivity index (χ4v) is 7.26. The van der Waals surface area contributed by atoms with Gasteiger partial charge in [0.1, 0.15) is 0 Å². The second-order valence-electron chi connectivity index (χ2n) is 14.8. The molecular formula is C47H72N2. The Morgan fingerprint density at radius 3 is 1.33 bits per heavy atom. The van der Waals surface area contributed by atoms with Crippen LogP contribution < -0.4 is 0 Å². The van der Waals surface area contributed by atoms with Crippen molar-refractivity contribution in [2.75, 3.05) is 0 Å². The number of benzene rings is 2. The van der Waals surface area contributed by atoms with Crippen molar-refractivity contribution in [3.8, 4) is 0 Å². The molecule has 2 nitrogen and oxygen atoms in total. The molecule has 1 N–H and O–H groups in total. The monoisotopic (exact) mass is 665 g/mol. The number of nitrogens with zero attached hydrogens (tertiary/aromatic N) is 1. The average Bonchev–Trinajstić information content (AvgIpc) is 3.36. The first-order valence-corrected chi connectivity index (χ1v) is 20.7. The van der Waals surface area contributed by atoms with Crippen molar-refractivity contribution in [1.82, 2.24) is 0 Å². The minimum absolute atomic E-state index is 0.957. The van der Waals surface area contributed by atoms with E-state index in [0.29, 0.717) is 0 Å². The summed E-state index contributed by atoms with van der Waals surface area (Å²) in [5.74, 6) is 9.72. The summed E-state index contributed by atoms with van der Waals surface area (Å²) in [5.41, 5.74) is 12.0. The normalized spacial score (nSPS) is 13.5. The zero-order valence-corrected chi connectivity index (χ0v) is 32.5. The standard InChI is InChI=1S/C47H72N2/c1-7-12-17-18-19-20-21-22-23-24-25-26-31-45-38(6)46(43-34-39(27-13-8-2)32-40(35-43)28-14-9-3)49(48)47(45)44-36-41(29-15-10-4)33-42(37-44)30-16-11-5/h26,31-37,48H,6-25,27-30H2,1-5H3. The third kappa shape index (κ3) is 13.4. The number of aryl methyl sites for hydroxylation is 4. The van der Waals surface area contributed by atoms with Gasteiger partial charge in [-0.25, -0.2) is 4.68 Å². The molecule has 2 aromatic rings. The molecule has 1 heterocycles. The Morgan fingerprint density at radius 1 is 0.510 bits per heavy atom. The van der Waals surface area contributed by atoms with Crippen LogP contribution in [0.2, 0.25) is 0 Å². The Morgan fingerprint density at radius 2 is 0.898 bits per heavy atom. The van der Waals surface area contributed by atoms with Crippen LogP contribution in [0.4, 0.5) is 0 Å². The molecule has 0 aromatic heterocycles. The second-order valence-corrected chi connectivity index (χ2v) is 14.8. The molecule has 2 heteroatoms. The SMILES string of the molecule is C=C1C(C=CCCCCCCCCCCCC)=C(c2cc(CCCC)cc(CCCC)c2)[N+]([NH-])=C1c1cc(CCCC)cc(CCCC)c1. The Hall–Kier alpha value is -2.87. The summed E-state index contributed by atoms with van der Waals surface area (Å²) in [6.07, 6.45) is 33.3. The molecule has 2 aromatic carbocycles. The van der Waals surface area contributed by atoms with Gasteiger partial charge in [-0.2, -0.15) is 0 Å². The van der Waals surface area contributed by atoms with E-state index in [9.17, 15) is 5.84 Å². The zero-order valence-electron chi connectivity index (χ0n) is 32.5. The lowest BCUT2D eigenvalue weighted by atomic mass is 9.92. The Labute approximate surface area is 303 Å². The van der Waals surface area contributed by atoms with Crippen molar-refractivity contribution in [3.63, 3.8) is 0 Å². The number of hydrogen-bond acceptors (Lipinski definition) is 0. The van der Waals surface area contributed by atoms with Gasteiger partial charge in [0.05, 0.1) is 11.1 Å². The van der Waals surface area contributed by atoms with Crippen molar-refractivity contribution in [3.05, 3.63) is 105 Å². The number of unbranched alkanes of at least 4 members (excludes halogenated alkanes) is 14. The second kappa shape index (κ2) is 23.5. The fraction of sp³-hybridized carbons (Fsp3) is 0.596. The molecule has 1 aliphatic heterocycles. The molecule has 1 aliphatic rings. The van der Waals surface area contributed by atoms with Gasteiger partial charge in [0.2, 0.25) is 11.4 Å². The van der Waals surface area contributed by atoms with E-state index in [2.05, 4.69) is 83.2 Å². The fourth-order valence-electron chi connectivity index (χ4n) is 7.26. The van der Waals surface area contributed by atoms with Gasteiger partial charge >= 0.3 is 0 Å². The minimum Gasteiger partial charge on any atom is -0.448 e. The third-order valence-electron chi connectivity index (χ3n) is 10.3. The van der Waals surface area contributed by atoms with Crippen LogP contribution >= 0.6 is 0 Å². The highest BCUT2D eigenvalue weighted by atomic mass is 15.3. The van der Waals surface area contributed by atoms with Gasteiger partial charge in [-0.3, -0.25) is 0 Å². The highest BCUT2D eigenvalue weighted by Gasteiger charge is 2.33. The topological polar surface area (TPSA) is 26.8 Å². The van der Waals surface area contributed by atoms with E-state index >= 15 is 0 Å². The van der Waals surface area contributed by atoms with Crippen LogP contribution in [0.15, 0.2) is 66.3 Å². The maximum absolute atomic E-state index is 9.72. The summed E-state index contributed by atoms with van der Waals surface area (Å²) in [6, 6.07) is 14.3. The smallest absolute Gasteiger partial charge is 0.216 e. The van der Waals surface area contributed by atoms with E-state index in [4.69, 9.17) is 6.58 Å². The van der Waals surface area contributed by atoms with Gasteiger partial charge in [0, 0.05) is 11.1 Å².